The molecule has 4 aromatic heterocycles. The molecule has 8 nitrogen and oxygen atoms in total. The van der Waals surface area contributed by atoms with Crippen LogP contribution in [0.15, 0.2) is 56.7 Å². The van der Waals surface area contributed by atoms with Crippen LogP contribution >= 0.6 is 34.3 Å². The Morgan fingerprint density at radius 2 is 2.00 bits per heavy atom. The summed E-state index contributed by atoms with van der Waals surface area (Å²) in [7, 11) is 0. The number of aromatic nitrogens is 4. The lowest BCUT2D eigenvalue weighted by atomic mass is 10.3. The smallest absolute Gasteiger partial charge is 0.324 e. The van der Waals surface area contributed by atoms with Crippen molar-refractivity contribution in [1.82, 2.24) is 18.7 Å². The van der Waals surface area contributed by atoms with Crippen LogP contribution in [-0.2, 0) is 17.9 Å². The van der Waals surface area contributed by atoms with Crippen LogP contribution in [0.1, 0.15) is 4.88 Å². The summed E-state index contributed by atoms with van der Waals surface area (Å²) in [4.78, 5) is 39.6. The van der Waals surface area contributed by atoms with Gasteiger partial charge in [0.15, 0.2) is 0 Å². The predicted octanol–water partition coefficient (Wildman–Crippen LogP) is 3.41. The summed E-state index contributed by atoms with van der Waals surface area (Å²) in [6.45, 7) is -0.140. The first kappa shape index (κ1) is 20.6. The van der Waals surface area contributed by atoms with Crippen molar-refractivity contribution < 1.29 is 9.18 Å². The lowest BCUT2D eigenvalue weighted by Crippen LogP contribution is -2.29. The highest BCUT2D eigenvalue weighted by molar-refractivity contribution is 7.17. The minimum Gasteiger partial charge on any atom is -0.324 e. The van der Waals surface area contributed by atoms with Gasteiger partial charge in [-0.25, -0.2) is 18.3 Å². The van der Waals surface area contributed by atoms with Gasteiger partial charge in [0, 0.05) is 10.6 Å². The van der Waals surface area contributed by atoms with Crippen molar-refractivity contribution in [3.05, 3.63) is 83.7 Å². The highest BCUT2D eigenvalue weighted by atomic mass is 35.5. The van der Waals surface area contributed by atoms with Gasteiger partial charge in [-0.15, -0.1) is 27.8 Å². The summed E-state index contributed by atoms with van der Waals surface area (Å²) >= 11 is 8.47. The van der Waals surface area contributed by atoms with E-state index in [2.05, 4.69) is 10.4 Å². The van der Waals surface area contributed by atoms with E-state index in [4.69, 9.17) is 11.6 Å². The highest BCUT2D eigenvalue weighted by Gasteiger charge is 2.20. The molecule has 0 aliphatic carbocycles. The molecule has 1 aromatic carbocycles. The lowest BCUT2D eigenvalue weighted by Gasteiger charge is -2.06. The molecule has 0 aliphatic rings. The molecule has 32 heavy (non-hydrogen) atoms. The van der Waals surface area contributed by atoms with E-state index in [0.29, 0.717) is 10.2 Å². The van der Waals surface area contributed by atoms with E-state index < -0.39 is 24.0 Å². The van der Waals surface area contributed by atoms with Gasteiger partial charge in [0.05, 0.1) is 17.1 Å². The summed E-state index contributed by atoms with van der Waals surface area (Å²) < 4.78 is 17.5. The number of carbonyl (C=O) groups excluding carboxylic acids is 1. The van der Waals surface area contributed by atoms with Gasteiger partial charge in [0.25, 0.3) is 5.56 Å². The number of fused-ring (bicyclic) bond motifs is 3. The Labute approximate surface area is 191 Å². The van der Waals surface area contributed by atoms with Gasteiger partial charge in [-0.05, 0) is 41.1 Å². The highest BCUT2D eigenvalue weighted by Crippen LogP contribution is 2.20. The van der Waals surface area contributed by atoms with E-state index in [-0.39, 0.29) is 28.6 Å². The van der Waals surface area contributed by atoms with Gasteiger partial charge in [-0.3, -0.25) is 14.2 Å². The van der Waals surface area contributed by atoms with Crippen LogP contribution < -0.4 is 16.6 Å². The molecule has 0 spiro atoms. The minimum atomic E-state index is -0.607. The van der Waals surface area contributed by atoms with Crippen molar-refractivity contribution >= 4 is 61.9 Å². The molecule has 1 N–H and O–H groups in total. The van der Waals surface area contributed by atoms with E-state index in [0.717, 1.165) is 15.6 Å². The summed E-state index contributed by atoms with van der Waals surface area (Å²) in [5.41, 5.74) is -0.0680. The van der Waals surface area contributed by atoms with Crippen LogP contribution in [0.4, 0.5) is 10.1 Å². The zero-order valence-corrected chi connectivity index (χ0v) is 18.5. The molecular weight excluding hydrogens is 477 g/mol. The number of halogens is 2. The van der Waals surface area contributed by atoms with E-state index in [9.17, 15) is 18.8 Å². The predicted molar refractivity (Wildman–Crippen MR) is 123 cm³/mol. The Morgan fingerprint density at radius 1 is 1.16 bits per heavy atom. The fourth-order valence-corrected chi connectivity index (χ4v) is 5.05. The number of thiophene rings is 2. The summed E-state index contributed by atoms with van der Waals surface area (Å²) in [6, 6.07) is 9.21. The van der Waals surface area contributed by atoms with Gasteiger partial charge in [0.2, 0.25) is 11.7 Å². The van der Waals surface area contributed by atoms with Crippen LogP contribution in [0.25, 0.3) is 16.0 Å². The first-order valence-corrected chi connectivity index (χ1v) is 11.4. The van der Waals surface area contributed by atoms with Crippen molar-refractivity contribution in [2.45, 2.75) is 13.1 Å². The van der Waals surface area contributed by atoms with Crippen LogP contribution in [0.3, 0.4) is 0 Å². The summed E-state index contributed by atoms with van der Waals surface area (Å²) in [6.07, 6.45) is 0. The fourth-order valence-electron chi connectivity index (χ4n) is 3.35. The molecule has 12 heteroatoms. The minimum absolute atomic E-state index is 0.134. The van der Waals surface area contributed by atoms with Crippen LogP contribution in [0.2, 0.25) is 5.02 Å². The molecular formula is C20H13ClFN5O3S2. The van der Waals surface area contributed by atoms with E-state index >= 15 is 0 Å². The topological polar surface area (TPSA) is 90.4 Å². The Hall–Kier alpha value is -3.28. The standard InChI is InChI=1S/C20H13ClFN5O3S2/c21-13-8-11(3-4-14(13)22)23-16(28)10-26-20(30)27-15-5-7-32-17(15)18(29)25(19(27)24-26)9-12-2-1-6-31-12/h1-8H,9-10H2,(H,23,28). The molecule has 162 valence electrons. The normalized spacial score (nSPS) is 11.4. The van der Waals surface area contributed by atoms with E-state index in [1.165, 1.54) is 43.8 Å². The number of nitrogens with zero attached hydrogens (tertiary/aromatic N) is 4. The molecule has 0 radical (unpaired) electrons. The quantitative estimate of drug-likeness (QED) is 0.409. The largest absolute Gasteiger partial charge is 0.352 e. The number of rotatable bonds is 5. The van der Waals surface area contributed by atoms with E-state index in [1.54, 1.807) is 11.4 Å². The van der Waals surface area contributed by atoms with Gasteiger partial charge in [-0.1, -0.05) is 17.7 Å². The third-order valence-electron chi connectivity index (χ3n) is 4.78. The van der Waals surface area contributed by atoms with Crippen molar-refractivity contribution in [1.29, 1.82) is 0 Å². The molecule has 0 aliphatic heterocycles. The average molecular weight is 490 g/mol. The fraction of sp³-hybridized carbons (Fsp3) is 0.100. The number of amides is 1. The molecule has 0 atom stereocenters. The first-order chi connectivity index (χ1) is 15.4. The van der Waals surface area contributed by atoms with Crippen molar-refractivity contribution in [3.63, 3.8) is 0 Å². The number of carbonyl (C=O) groups is 1. The maximum Gasteiger partial charge on any atom is 0.352 e. The molecule has 5 rings (SSSR count). The average Bonchev–Trinajstić information content (AvgIpc) is 3.49. The number of anilines is 1. The third kappa shape index (κ3) is 3.53. The molecule has 0 saturated heterocycles. The zero-order valence-electron chi connectivity index (χ0n) is 16.1. The van der Waals surface area contributed by atoms with Crippen LogP contribution in [-0.4, -0.2) is 24.7 Å². The maximum atomic E-state index is 13.3. The molecule has 1 amide bonds. The Morgan fingerprint density at radius 3 is 2.75 bits per heavy atom. The van der Waals surface area contributed by atoms with Crippen molar-refractivity contribution in [3.8, 4) is 0 Å². The van der Waals surface area contributed by atoms with E-state index in [1.807, 2.05) is 17.5 Å². The number of hydrogen-bond acceptors (Lipinski definition) is 6. The second kappa shape index (κ2) is 8.01. The van der Waals surface area contributed by atoms with Gasteiger partial charge < -0.3 is 5.32 Å². The van der Waals surface area contributed by atoms with Crippen molar-refractivity contribution in [2.24, 2.45) is 0 Å². The second-order valence-electron chi connectivity index (χ2n) is 6.86. The number of benzene rings is 1. The second-order valence-corrected chi connectivity index (χ2v) is 9.21. The van der Waals surface area contributed by atoms with Crippen LogP contribution in [0.5, 0.6) is 0 Å². The summed E-state index contributed by atoms with van der Waals surface area (Å²) in [5, 5.41) is 10.3. The molecule has 0 bridgehead atoms. The van der Waals surface area contributed by atoms with Crippen molar-refractivity contribution in [2.75, 3.05) is 5.32 Å². The molecule has 4 heterocycles. The monoisotopic (exact) mass is 489 g/mol. The zero-order chi connectivity index (χ0) is 22.4. The first-order valence-electron chi connectivity index (χ1n) is 9.29. The van der Waals surface area contributed by atoms with Gasteiger partial charge >= 0.3 is 5.69 Å². The molecule has 0 unspecified atom stereocenters. The Bertz CT molecular complexity index is 1600. The lowest BCUT2D eigenvalue weighted by molar-refractivity contribution is -0.117. The number of hydrogen-bond donors (Lipinski definition) is 1. The molecule has 0 fully saturated rings. The molecule has 5 aromatic rings. The summed E-state index contributed by atoms with van der Waals surface area (Å²) in [5.74, 6) is -1.01. The molecule has 0 saturated carbocycles. The SMILES string of the molecule is O=C(Cn1nc2n(Cc3cccs3)c(=O)c3sccc3n2c1=O)Nc1ccc(F)c(Cl)c1. The Kier molecular flexibility index (Phi) is 5.16. The van der Waals surface area contributed by atoms with Gasteiger partial charge in [0.1, 0.15) is 17.1 Å². The third-order valence-corrected chi connectivity index (χ3v) is 6.82. The maximum absolute atomic E-state index is 13.3. The van der Waals surface area contributed by atoms with Crippen LogP contribution in [0, 0.1) is 5.82 Å². The Balaban J connectivity index is 1.56. The number of nitrogens with one attached hydrogen (secondary N) is 1. The van der Waals surface area contributed by atoms with Gasteiger partial charge in [-0.2, -0.15) is 0 Å².